The number of fused-ring (bicyclic) bond motifs is 1. The monoisotopic (exact) mass is 484 g/mol. The van der Waals surface area contributed by atoms with Gasteiger partial charge >= 0.3 is 7.12 Å². The highest BCUT2D eigenvalue weighted by atomic mass is 35.5. The number of rotatable bonds is 5. The van der Waals surface area contributed by atoms with Crippen molar-refractivity contribution >= 4 is 42.0 Å². The smallest absolute Gasteiger partial charge is 0.427 e. The molecule has 1 aliphatic heterocycles. The van der Waals surface area contributed by atoms with Crippen LogP contribution in [0.3, 0.4) is 0 Å². The van der Waals surface area contributed by atoms with E-state index in [9.17, 15) is 24.1 Å². The first kappa shape index (κ1) is 23.8. The number of nitrogens with zero attached hydrogens (tertiary/aromatic N) is 6. The number of allylic oxidation sites excluding steroid dienone is 5. The molecule has 2 N–H and O–H groups in total. The lowest BCUT2D eigenvalue weighted by molar-refractivity contribution is 0.145. The zero-order valence-corrected chi connectivity index (χ0v) is 18.9. The molecule has 0 saturated carbocycles. The lowest BCUT2D eigenvalue weighted by Gasteiger charge is -2.23. The van der Waals surface area contributed by atoms with Crippen LogP contribution < -0.4 is 4.90 Å². The maximum Gasteiger partial charge on any atom is 0.456 e. The van der Waals surface area contributed by atoms with Gasteiger partial charge in [0, 0.05) is 41.3 Å². The number of anilines is 1. The van der Waals surface area contributed by atoms with Gasteiger partial charge in [-0.3, -0.25) is 4.99 Å². The van der Waals surface area contributed by atoms with Crippen molar-refractivity contribution < 1.29 is 18.8 Å². The first-order valence-corrected chi connectivity index (χ1v) is 10.8. The summed E-state index contributed by atoms with van der Waals surface area (Å²) in [6.45, 7) is 6.02. The number of aliphatic imine (C=N–C) groups is 1. The Morgan fingerprint density at radius 2 is 2.18 bits per heavy atom. The normalized spacial score (nSPS) is 20.5. The minimum absolute atomic E-state index is 0.0163. The van der Waals surface area contributed by atoms with Crippen molar-refractivity contribution in [2.45, 2.75) is 25.6 Å². The van der Waals surface area contributed by atoms with Crippen LogP contribution in [0.5, 0.6) is 0 Å². The first-order valence-electron chi connectivity index (χ1n) is 10.4. The van der Waals surface area contributed by atoms with E-state index in [1.807, 2.05) is 4.90 Å². The third-order valence-corrected chi connectivity index (χ3v) is 6.02. The van der Waals surface area contributed by atoms with Gasteiger partial charge in [0.05, 0.1) is 11.4 Å². The van der Waals surface area contributed by atoms with Crippen LogP contribution in [0, 0.1) is 18.3 Å². The fraction of sp³-hybridized carbons (Fsp3) is 0.273. The van der Waals surface area contributed by atoms with E-state index in [-0.39, 0.29) is 17.8 Å². The summed E-state index contributed by atoms with van der Waals surface area (Å²) in [5, 5.41) is 33.4. The lowest BCUT2D eigenvalue weighted by atomic mass is 9.72. The van der Waals surface area contributed by atoms with Crippen molar-refractivity contribution in [1.29, 1.82) is 5.26 Å². The summed E-state index contributed by atoms with van der Waals surface area (Å²) in [5.74, 6) is -0.00708. The van der Waals surface area contributed by atoms with E-state index in [0.717, 1.165) is 0 Å². The van der Waals surface area contributed by atoms with Gasteiger partial charge in [0.1, 0.15) is 23.1 Å². The molecule has 12 heteroatoms. The highest BCUT2D eigenvalue weighted by molar-refractivity contribution is 6.43. The number of aromatic nitrogens is 3. The summed E-state index contributed by atoms with van der Waals surface area (Å²) >= 11 is 6.12. The first-order chi connectivity index (χ1) is 16.2. The molecule has 3 heterocycles. The molecule has 1 saturated heterocycles. The average molecular weight is 485 g/mol. The third-order valence-electron chi connectivity index (χ3n) is 5.78. The summed E-state index contributed by atoms with van der Waals surface area (Å²) in [4.78, 5) is 10.5. The topological polar surface area (TPSA) is 110 Å². The summed E-state index contributed by atoms with van der Waals surface area (Å²) in [5.41, 5.74) is 1.34. The van der Waals surface area contributed by atoms with E-state index in [4.69, 9.17) is 11.6 Å². The second-order valence-corrected chi connectivity index (χ2v) is 8.35. The summed E-state index contributed by atoms with van der Waals surface area (Å²) < 4.78 is 28.6. The average Bonchev–Trinajstić information content (AvgIpc) is 3.41. The van der Waals surface area contributed by atoms with Crippen molar-refractivity contribution in [3.63, 3.8) is 0 Å². The van der Waals surface area contributed by atoms with Gasteiger partial charge in [0.25, 0.3) is 6.43 Å². The predicted octanol–water partition coefficient (Wildman–Crippen LogP) is 3.56. The molecule has 34 heavy (non-hydrogen) atoms. The Morgan fingerprint density at radius 3 is 2.79 bits per heavy atom. The second-order valence-electron chi connectivity index (χ2n) is 7.91. The molecule has 0 spiro atoms. The van der Waals surface area contributed by atoms with Crippen LogP contribution in [0.2, 0.25) is 5.82 Å². The maximum atomic E-state index is 13.7. The van der Waals surface area contributed by atoms with Crippen LogP contribution in [0.25, 0.3) is 11.7 Å². The Balaban J connectivity index is 1.99. The van der Waals surface area contributed by atoms with Crippen LogP contribution in [-0.2, 0) is 0 Å². The van der Waals surface area contributed by atoms with E-state index < -0.39 is 25.1 Å². The van der Waals surface area contributed by atoms with Crippen LogP contribution >= 0.6 is 11.6 Å². The van der Waals surface area contributed by atoms with Crippen LogP contribution in [0.15, 0.2) is 46.6 Å². The molecule has 1 fully saturated rings. The number of halogens is 3. The van der Waals surface area contributed by atoms with E-state index in [2.05, 4.69) is 21.7 Å². The van der Waals surface area contributed by atoms with Crippen molar-refractivity contribution in [1.82, 2.24) is 14.6 Å². The van der Waals surface area contributed by atoms with Crippen LogP contribution in [0.4, 0.5) is 14.6 Å². The Hall–Kier alpha value is -3.33. The van der Waals surface area contributed by atoms with Gasteiger partial charge in [-0.1, -0.05) is 24.3 Å². The van der Waals surface area contributed by atoms with Gasteiger partial charge in [-0.15, -0.1) is 0 Å². The Labute approximate surface area is 199 Å². The third kappa shape index (κ3) is 4.28. The molecule has 1 aliphatic carbocycles. The molecule has 8 nitrogen and oxygen atoms in total. The highest BCUT2D eigenvalue weighted by Crippen LogP contribution is 2.36. The van der Waals surface area contributed by atoms with E-state index in [1.54, 1.807) is 37.3 Å². The molecule has 0 aromatic carbocycles. The van der Waals surface area contributed by atoms with Crippen molar-refractivity contribution in [3.05, 3.63) is 64.1 Å². The van der Waals surface area contributed by atoms with Gasteiger partial charge in [0.2, 0.25) is 0 Å². The molecule has 2 aromatic heterocycles. The summed E-state index contributed by atoms with van der Waals surface area (Å²) in [6.07, 6.45) is 5.81. The predicted molar refractivity (Wildman–Crippen MR) is 127 cm³/mol. The minimum Gasteiger partial charge on any atom is -0.427 e. The molecule has 4 rings (SSSR count). The van der Waals surface area contributed by atoms with Gasteiger partial charge in [-0.2, -0.15) is 14.9 Å². The lowest BCUT2D eigenvalue weighted by Crippen LogP contribution is -2.27. The van der Waals surface area contributed by atoms with E-state index in [0.29, 0.717) is 46.4 Å². The number of aryl methyl sites for hydroxylation is 1. The zero-order valence-electron chi connectivity index (χ0n) is 18.2. The Morgan fingerprint density at radius 1 is 1.41 bits per heavy atom. The molecule has 1 unspecified atom stereocenters. The van der Waals surface area contributed by atoms with Crippen molar-refractivity contribution in [3.8, 4) is 6.07 Å². The molecule has 1 atom stereocenters. The minimum atomic E-state index is -2.96. The van der Waals surface area contributed by atoms with Crippen LogP contribution in [0.1, 0.15) is 35.4 Å². The van der Waals surface area contributed by atoms with E-state index >= 15 is 0 Å². The highest BCUT2D eigenvalue weighted by Gasteiger charge is 2.35. The van der Waals surface area contributed by atoms with Gasteiger partial charge in [-0.25, -0.2) is 13.8 Å². The second kappa shape index (κ2) is 9.50. The SMILES string of the molecule is C=CN=C1C=C(Cl)C=C/C1=C\c1c(C)nc2c(C#N)c(C(F)F)nn2c1N1CCC(B(O)O)C1. The number of hydrogen-bond acceptors (Lipinski definition) is 7. The van der Waals surface area contributed by atoms with E-state index in [1.165, 1.54) is 10.7 Å². The number of alkyl halides is 2. The fourth-order valence-corrected chi connectivity index (χ4v) is 4.30. The molecule has 174 valence electrons. The van der Waals surface area contributed by atoms with Gasteiger partial charge < -0.3 is 14.9 Å². The molecule has 0 bridgehead atoms. The Bertz CT molecular complexity index is 1330. The molecule has 2 aliphatic rings. The largest absolute Gasteiger partial charge is 0.456 e. The number of nitriles is 1. The van der Waals surface area contributed by atoms with Gasteiger partial charge in [0.15, 0.2) is 5.65 Å². The quantitative estimate of drug-likeness (QED) is 0.628. The Kier molecular flexibility index (Phi) is 6.66. The van der Waals surface area contributed by atoms with Gasteiger partial charge in [-0.05, 0) is 31.6 Å². The molecule has 2 aromatic rings. The summed E-state index contributed by atoms with van der Waals surface area (Å²) in [7, 11) is -1.52. The number of hydrogen-bond donors (Lipinski definition) is 2. The molecular weight excluding hydrogens is 465 g/mol. The molecular formula is C22H20BClF2N6O2. The molecule has 0 amide bonds. The zero-order chi connectivity index (χ0) is 24.6. The maximum absolute atomic E-state index is 13.7. The van der Waals surface area contributed by atoms with Crippen LogP contribution in [-0.4, -0.2) is 50.6 Å². The summed E-state index contributed by atoms with van der Waals surface area (Å²) in [6, 6.07) is 1.80. The fourth-order valence-electron chi connectivity index (χ4n) is 4.13. The van der Waals surface area contributed by atoms with Crippen molar-refractivity contribution in [2.75, 3.05) is 18.0 Å². The standard InChI is InChI=1S/C22H20BClF2N6O2/c1-3-28-18-9-15(24)5-4-13(18)8-16-12(2)29-21-17(10-27)19(20(25)26)30-32(21)22(16)31-7-6-14(11-31)23(33)34/h3-5,8-9,14,20,33-34H,1,6-7,11H2,2H3/b13-8+,28-18?. The van der Waals surface area contributed by atoms with Crippen molar-refractivity contribution in [2.24, 2.45) is 4.99 Å². The molecule has 0 radical (unpaired) electrons.